The van der Waals surface area contributed by atoms with Gasteiger partial charge in [0.1, 0.15) is 0 Å². The van der Waals surface area contributed by atoms with Crippen LogP contribution in [0.1, 0.15) is 37.2 Å². The highest BCUT2D eigenvalue weighted by atomic mass is 14.7. The monoisotopic (exact) mass is 226 g/mol. The third kappa shape index (κ3) is 1.93. The summed E-state index contributed by atoms with van der Waals surface area (Å²) in [4.78, 5) is 4.37. The Morgan fingerprint density at radius 2 is 1.88 bits per heavy atom. The van der Waals surface area contributed by atoms with Gasteiger partial charge in [-0.15, -0.1) is 0 Å². The first-order valence-corrected chi connectivity index (χ1v) is 6.44. The summed E-state index contributed by atoms with van der Waals surface area (Å²) in [7, 11) is 0. The van der Waals surface area contributed by atoms with Gasteiger partial charge in [-0.2, -0.15) is 0 Å². The van der Waals surface area contributed by atoms with Crippen molar-refractivity contribution in [1.29, 1.82) is 0 Å². The predicted octanol–water partition coefficient (Wildman–Crippen LogP) is 3.22. The first kappa shape index (κ1) is 10.7. The second kappa shape index (κ2) is 4.46. The summed E-state index contributed by atoms with van der Waals surface area (Å²) in [6.07, 6.45) is 8.87. The van der Waals surface area contributed by atoms with Crippen LogP contribution in [-0.2, 0) is 0 Å². The van der Waals surface area contributed by atoms with Crippen molar-refractivity contribution in [2.75, 3.05) is 0 Å². The van der Waals surface area contributed by atoms with Crippen molar-refractivity contribution in [1.82, 2.24) is 4.98 Å². The molecule has 3 rings (SSSR count). The molecule has 2 aromatic rings. The van der Waals surface area contributed by atoms with Gasteiger partial charge in [0.05, 0.1) is 0 Å². The van der Waals surface area contributed by atoms with E-state index in [4.69, 9.17) is 5.73 Å². The zero-order valence-corrected chi connectivity index (χ0v) is 9.97. The van der Waals surface area contributed by atoms with E-state index in [1.54, 1.807) is 0 Å². The fraction of sp³-hybridized carbons (Fsp3) is 0.400. The fourth-order valence-corrected chi connectivity index (χ4v) is 2.98. The first-order chi connectivity index (χ1) is 8.36. The summed E-state index contributed by atoms with van der Waals surface area (Å²) in [6, 6.07) is 8.78. The van der Waals surface area contributed by atoms with Crippen LogP contribution in [-0.4, -0.2) is 11.0 Å². The number of hydrogen-bond acceptors (Lipinski definition) is 2. The van der Waals surface area contributed by atoms with Crippen LogP contribution in [0, 0.1) is 0 Å². The van der Waals surface area contributed by atoms with Crippen LogP contribution >= 0.6 is 0 Å². The van der Waals surface area contributed by atoms with E-state index in [0.29, 0.717) is 12.0 Å². The van der Waals surface area contributed by atoms with E-state index in [2.05, 4.69) is 29.2 Å². The molecule has 2 atom stereocenters. The number of hydrogen-bond donors (Lipinski definition) is 1. The van der Waals surface area contributed by atoms with Crippen LogP contribution in [0.5, 0.6) is 0 Å². The smallest absolute Gasteiger partial charge is 0.0346 e. The Morgan fingerprint density at radius 1 is 1.06 bits per heavy atom. The van der Waals surface area contributed by atoms with Crippen LogP contribution in [0.15, 0.2) is 36.7 Å². The molecule has 0 spiro atoms. The molecule has 17 heavy (non-hydrogen) atoms. The van der Waals surface area contributed by atoms with Crippen LogP contribution in [0.4, 0.5) is 0 Å². The molecule has 2 N–H and O–H groups in total. The first-order valence-electron chi connectivity index (χ1n) is 6.44. The number of aromatic nitrogens is 1. The third-order valence-electron chi connectivity index (χ3n) is 3.92. The molecule has 1 aromatic heterocycles. The Hall–Kier alpha value is -1.41. The molecular weight excluding hydrogens is 208 g/mol. The molecule has 88 valence electrons. The Bertz CT molecular complexity index is 516. The molecule has 0 bridgehead atoms. The normalized spacial score (nSPS) is 25.0. The zero-order chi connectivity index (χ0) is 11.7. The number of fused-ring (bicyclic) bond motifs is 1. The SMILES string of the molecule is NC1CCCCC1c1cncc2ccccc12. The lowest BCUT2D eigenvalue weighted by Crippen LogP contribution is -2.31. The maximum Gasteiger partial charge on any atom is 0.0346 e. The molecule has 1 heterocycles. The van der Waals surface area contributed by atoms with E-state index in [-0.39, 0.29) is 0 Å². The van der Waals surface area contributed by atoms with Crippen molar-refractivity contribution in [2.45, 2.75) is 37.6 Å². The lowest BCUT2D eigenvalue weighted by atomic mass is 9.79. The largest absolute Gasteiger partial charge is 0.327 e. The van der Waals surface area contributed by atoms with Gasteiger partial charge >= 0.3 is 0 Å². The molecule has 2 unspecified atom stereocenters. The van der Waals surface area contributed by atoms with Crippen molar-refractivity contribution in [2.24, 2.45) is 5.73 Å². The average Bonchev–Trinajstić information content (AvgIpc) is 2.39. The summed E-state index contributed by atoms with van der Waals surface area (Å²) in [6.45, 7) is 0. The van der Waals surface area contributed by atoms with Gasteiger partial charge < -0.3 is 5.73 Å². The molecule has 0 aliphatic heterocycles. The maximum atomic E-state index is 6.27. The minimum atomic E-state index is 0.302. The van der Waals surface area contributed by atoms with Crippen LogP contribution < -0.4 is 5.73 Å². The number of benzene rings is 1. The molecule has 1 aromatic carbocycles. The van der Waals surface area contributed by atoms with Gasteiger partial charge in [-0.05, 0) is 23.8 Å². The average molecular weight is 226 g/mol. The van der Waals surface area contributed by atoms with Crippen LogP contribution in [0.25, 0.3) is 10.8 Å². The van der Waals surface area contributed by atoms with Gasteiger partial charge in [-0.1, -0.05) is 37.1 Å². The van der Waals surface area contributed by atoms with E-state index >= 15 is 0 Å². The second-order valence-corrected chi connectivity index (χ2v) is 5.00. The molecular formula is C15H18N2. The lowest BCUT2D eigenvalue weighted by molar-refractivity contribution is 0.386. The highest BCUT2D eigenvalue weighted by molar-refractivity contribution is 5.85. The maximum absolute atomic E-state index is 6.27. The van der Waals surface area contributed by atoms with Crippen molar-refractivity contribution >= 4 is 10.8 Å². The number of nitrogens with zero attached hydrogens (tertiary/aromatic N) is 1. The number of pyridine rings is 1. The van der Waals surface area contributed by atoms with E-state index in [1.165, 1.54) is 35.6 Å². The Labute approximate surface area is 102 Å². The number of rotatable bonds is 1. The molecule has 2 heteroatoms. The predicted molar refractivity (Wildman–Crippen MR) is 70.9 cm³/mol. The Kier molecular flexibility index (Phi) is 2.81. The van der Waals surface area contributed by atoms with Crippen molar-refractivity contribution in [3.05, 3.63) is 42.2 Å². The quantitative estimate of drug-likeness (QED) is 0.811. The molecule has 0 radical (unpaired) electrons. The van der Waals surface area contributed by atoms with Crippen molar-refractivity contribution < 1.29 is 0 Å². The van der Waals surface area contributed by atoms with E-state index in [0.717, 1.165) is 6.42 Å². The van der Waals surface area contributed by atoms with Crippen LogP contribution in [0.2, 0.25) is 0 Å². The lowest BCUT2D eigenvalue weighted by Gasteiger charge is -2.29. The van der Waals surface area contributed by atoms with Gasteiger partial charge in [0, 0.05) is 29.7 Å². The molecule has 1 aliphatic carbocycles. The zero-order valence-electron chi connectivity index (χ0n) is 9.97. The molecule has 2 nitrogen and oxygen atoms in total. The molecule has 0 saturated heterocycles. The summed E-state index contributed by atoms with van der Waals surface area (Å²) in [5.41, 5.74) is 7.62. The molecule has 1 fully saturated rings. The van der Waals surface area contributed by atoms with Gasteiger partial charge in [0.25, 0.3) is 0 Å². The molecule has 1 aliphatic rings. The topological polar surface area (TPSA) is 38.9 Å². The summed E-state index contributed by atoms with van der Waals surface area (Å²) < 4.78 is 0. The minimum Gasteiger partial charge on any atom is -0.327 e. The standard InChI is InChI=1S/C15H18N2/c16-15-8-4-3-7-13(15)14-10-17-9-11-5-1-2-6-12(11)14/h1-2,5-6,9-10,13,15H,3-4,7-8,16H2. The van der Waals surface area contributed by atoms with Gasteiger partial charge in [0.2, 0.25) is 0 Å². The van der Waals surface area contributed by atoms with E-state index in [1.807, 2.05) is 12.4 Å². The van der Waals surface area contributed by atoms with Crippen molar-refractivity contribution in [3.63, 3.8) is 0 Å². The highest BCUT2D eigenvalue weighted by Crippen LogP contribution is 2.35. The van der Waals surface area contributed by atoms with Gasteiger partial charge in [-0.25, -0.2) is 0 Å². The summed E-state index contributed by atoms with van der Waals surface area (Å²) >= 11 is 0. The van der Waals surface area contributed by atoms with Crippen LogP contribution in [0.3, 0.4) is 0 Å². The summed E-state index contributed by atoms with van der Waals surface area (Å²) in [5.74, 6) is 0.488. The number of nitrogens with two attached hydrogens (primary N) is 1. The van der Waals surface area contributed by atoms with Gasteiger partial charge in [-0.3, -0.25) is 4.98 Å². The molecule has 1 saturated carbocycles. The van der Waals surface area contributed by atoms with E-state index < -0.39 is 0 Å². The van der Waals surface area contributed by atoms with Gasteiger partial charge in [0.15, 0.2) is 0 Å². The van der Waals surface area contributed by atoms with E-state index in [9.17, 15) is 0 Å². The van der Waals surface area contributed by atoms with Crippen molar-refractivity contribution in [3.8, 4) is 0 Å². The Balaban J connectivity index is 2.10. The second-order valence-electron chi connectivity index (χ2n) is 5.00. The third-order valence-corrected chi connectivity index (χ3v) is 3.92. The highest BCUT2D eigenvalue weighted by Gasteiger charge is 2.24. The minimum absolute atomic E-state index is 0.302. The fourth-order valence-electron chi connectivity index (χ4n) is 2.98. The summed E-state index contributed by atoms with van der Waals surface area (Å²) in [5, 5.41) is 2.55. The molecule has 0 amide bonds. The Morgan fingerprint density at radius 3 is 2.76 bits per heavy atom.